The summed E-state index contributed by atoms with van der Waals surface area (Å²) >= 11 is 1.46. The Kier molecular flexibility index (Phi) is 13.7. The minimum absolute atomic E-state index is 0.0729. The predicted octanol–water partition coefficient (Wildman–Crippen LogP) is 4.50. The minimum Gasteiger partial charge on any atom is -0.508 e. The van der Waals surface area contributed by atoms with Gasteiger partial charge in [0.05, 0.1) is 6.07 Å². The smallest absolute Gasteiger partial charge is 0.408 e. The summed E-state index contributed by atoms with van der Waals surface area (Å²) in [6.07, 6.45) is 1.32. The first-order chi connectivity index (χ1) is 21.0. The van der Waals surface area contributed by atoms with Gasteiger partial charge < -0.3 is 30.1 Å². The second-order valence-electron chi connectivity index (χ2n) is 12.4. The second-order valence-corrected chi connectivity index (χ2v) is 13.4. The summed E-state index contributed by atoms with van der Waals surface area (Å²) in [6.45, 7) is 9.69. The molecule has 11 nitrogen and oxygen atoms in total. The van der Waals surface area contributed by atoms with Crippen molar-refractivity contribution < 1.29 is 33.8 Å². The first kappa shape index (κ1) is 36.9. The number of benzene rings is 2. The van der Waals surface area contributed by atoms with Gasteiger partial charge in [-0.25, -0.2) is 9.59 Å². The van der Waals surface area contributed by atoms with Crippen LogP contribution >= 0.6 is 11.8 Å². The molecule has 0 aliphatic heterocycles. The van der Waals surface area contributed by atoms with Gasteiger partial charge in [0.15, 0.2) is 0 Å². The van der Waals surface area contributed by atoms with Crippen LogP contribution in [0.3, 0.4) is 0 Å². The molecule has 2 aromatic rings. The van der Waals surface area contributed by atoms with Crippen molar-refractivity contribution in [2.45, 2.75) is 83.7 Å². The molecule has 0 saturated carbocycles. The van der Waals surface area contributed by atoms with E-state index in [1.807, 2.05) is 42.7 Å². The van der Waals surface area contributed by atoms with Crippen molar-refractivity contribution in [3.05, 3.63) is 65.7 Å². The summed E-state index contributed by atoms with van der Waals surface area (Å²) in [5, 5.41) is 25.1. The van der Waals surface area contributed by atoms with E-state index in [1.165, 1.54) is 36.0 Å². The molecule has 0 heterocycles. The SMILES string of the molecule is CSCCC(NC(=O)OC(C)(C)C)C(=O)N(CC#N)C(C(=O)NC(Cc1ccccc1)C(=O)OC(C)(C)C)c1ccc(O)cc1. The first-order valence-electron chi connectivity index (χ1n) is 14.6. The lowest BCUT2D eigenvalue weighted by Gasteiger charge is -2.34. The quantitative estimate of drug-likeness (QED) is 0.212. The fraction of sp³-hybridized carbons (Fsp3) is 0.485. The highest BCUT2D eigenvalue weighted by Crippen LogP contribution is 2.26. The number of amides is 3. The highest BCUT2D eigenvalue weighted by Gasteiger charge is 2.38. The number of phenols is 1. The van der Waals surface area contributed by atoms with Gasteiger partial charge in [-0.05, 0) is 83.2 Å². The van der Waals surface area contributed by atoms with Crippen LogP contribution in [0.15, 0.2) is 54.6 Å². The molecule has 0 aliphatic carbocycles. The Bertz CT molecular complexity index is 1330. The number of esters is 1. The van der Waals surface area contributed by atoms with E-state index in [0.29, 0.717) is 5.75 Å². The Labute approximate surface area is 269 Å². The lowest BCUT2D eigenvalue weighted by molar-refractivity contribution is -0.159. The third kappa shape index (κ3) is 12.7. The normalized spacial score (nSPS) is 13.4. The van der Waals surface area contributed by atoms with Gasteiger partial charge in [-0.15, -0.1) is 0 Å². The van der Waals surface area contributed by atoms with Crippen molar-refractivity contribution in [3.8, 4) is 11.8 Å². The molecule has 45 heavy (non-hydrogen) atoms. The molecule has 0 fully saturated rings. The predicted molar refractivity (Wildman–Crippen MR) is 172 cm³/mol. The number of carbonyl (C=O) groups excluding carboxylic acids is 4. The zero-order valence-electron chi connectivity index (χ0n) is 27.0. The highest BCUT2D eigenvalue weighted by molar-refractivity contribution is 7.98. The van der Waals surface area contributed by atoms with Crippen LogP contribution in [0.25, 0.3) is 0 Å². The van der Waals surface area contributed by atoms with Gasteiger partial charge in [0, 0.05) is 6.42 Å². The number of hydrogen-bond acceptors (Lipinski definition) is 9. The third-order valence-electron chi connectivity index (χ3n) is 6.18. The fourth-order valence-electron chi connectivity index (χ4n) is 4.31. The van der Waals surface area contributed by atoms with Crippen LogP contribution in [-0.2, 0) is 30.3 Å². The van der Waals surface area contributed by atoms with Crippen LogP contribution in [0.5, 0.6) is 5.75 Å². The van der Waals surface area contributed by atoms with Gasteiger partial charge in [0.2, 0.25) is 11.8 Å². The van der Waals surface area contributed by atoms with Crippen molar-refractivity contribution in [1.29, 1.82) is 5.26 Å². The zero-order valence-corrected chi connectivity index (χ0v) is 27.8. The summed E-state index contributed by atoms with van der Waals surface area (Å²) in [5.41, 5.74) is -0.628. The number of nitrogens with one attached hydrogen (secondary N) is 2. The number of thioether (sulfide) groups is 1. The Balaban J connectivity index is 2.56. The molecule has 3 unspecified atom stereocenters. The van der Waals surface area contributed by atoms with E-state index in [-0.39, 0.29) is 24.2 Å². The van der Waals surface area contributed by atoms with Gasteiger partial charge >= 0.3 is 12.1 Å². The van der Waals surface area contributed by atoms with Crippen molar-refractivity contribution in [1.82, 2.24) is 15.5 Å². The maximum absolute atomic E-state index is 14.2. The van der Waals surface area contributed by atoms with Crippen LogP contribution < -0.4 is 10.6 Å². The van der Waals surface area contributed by atoms with Crippen molar-refractivity contribution >= 4 is 35.6 Å². The molecular weight excluding hydrogens is 596 g/mol. The molecule has 0 aliphatic rings. The zero-order chi connectivity index (χ0) is 33.8. The Morgan fingerprint density at radius 2 is 1.51 bits per heavy atom. The molecule has 3 amide bonds. The highest BCUT2D eigenvalue weighted by atomic mass is 32.2. The largest absolute Gasteiger partial charge is 0.508 e. The number of rotatable bonds is 13. The molecule has 12 heteroatoms. The van der Waals surface area contributed by atoms with Gasteiger partial charge in [-0.2, -0.15) is 17.0 Å². The summed E-state index contributed by atoms with van der Waals surface area (Å²) in [6, 6.07) is 13.0. The molecule has 0 spiro atoms. The topological polar surface area (TPSA) is 158 Å². The monoisotopic (exact) mass is 640 g/mol. The molecular formula is C33H44N4O7S. The third-order valence-corrected chi connectivity index (χ3v) is 6.83. The van der Waals surface area contributed by atoms with Crippen LogP contribution in [0.2, 0.25) is 0 Å². The van der Waals surface area contributed by atoms with E-state index in [0.717, 1.165) is 10.5 Å². The first-order valence-corrected chi connectivity index (χ1v) is 16.0. The van der Waals surface area contributed by atoms with E-state index in [2.05, 4.69) is 10.6 Å². The van der Waals surface area contributed by atoms with E-state index >= 15 is 0 Å². The van der Waals surface area contributed by atoms with Crippen molar-refractivity contribution in [3.63, 3.8) is 0 Å². The number of nitriles is 1. The Hall–Kier alpha value is -4.24. The maximum atomic E-state index is 14.2. The number of alkyl carbamates (subject to hydrolysis) is 1. The Morgan fingerprint density at radius 1 is 0.911 bits per heavy atom. The molecule has 0 saturated heterocycles. The molecule has 0 aromatic heterocycles. The van der Waals surface area contributed by atoms with Gasteiger partial charge in [-0.1, -0.05) is 42.5 Å². The number of hydrogen-bond donors (Lipinski definition) is 3. The molecule has 3 atom stereocenters. The average Bonchev–Trinajstić information content (AvgIpc) is 2.94. The average molecular weight is 641 g/mol. The lowest BCUT2D eigenvalue weighted by atomic mass is 10.0. The van der Waals surface area contributed by atoms with Crippen LogP contribution in [0.4, 0.5) is 4.79 Å². The number of carbonyl (C=O) groups is 4. The summed E-state index contributed by atoms with van der Waals surface area (Å²) in [4.78, 5) is 55.3. The minimum atomic E-state index is -1.41. The standard InChI is InChI=1S/C33H44N4O7S/c1-32(2,3)43-30(41)26(21-22-11-9-8-10-12-22)35-28(39)27(23-13-15-24(38)16-14-23)37(19-18-34)29(40)25(17-20-45-7)36-31(42)44-33(4,5)6/h8-16,25-27,38H,17,19-21H2,1-7H3,(H,35,39)(H,36,42). The molecule has 3 N–H and O–H groups in total. The van der Waals surface area contributed by atoms with Gasteiger partial charge in [0.25, 0.3) is 0 Å². The van der Waals surface area contributed by atoms with Gasteiger partial charge in [-0.3, -0.25) is 9.59 Å². The fourth-order valence-corrected chi connectivity index (χ4v) is 4.78. The van der Waals surface area contributed by atoms with E-state index in [4.69, 9.17) is 9.47 Å². The Morgan fingerprint density at radius 3 is 2.04 bits per heavy atom. The lowest BCUT2D eigenvalue weighted by Crippen LogP contribution is -2.55. The van der Waals surface area contributed by atoms with E-state index < -0.39 is 59.7 Å². The number of ether oxygens (including phenoxy) is 2. The molecule has 244 valence electrons. The van der Waals surface area contributed by atoms with Crippen molar-refractivity contribution in [2.75, 3.05) is 18.6 Å². The summed E-state index contributed by atoms with van der Waals surface area (Å²) in [5.74, 6) is -1.71. The van der Waals surface area contributed by atoms with Crippen LogP contribution in [0, 0.1) is 11.3 Å². The number of nitrogens with zero attached hydrogens (tertiary/aromatic N) is 2. The molecule has 0 radical (unpaired) electrons. The molecule has 2 aromatic carbocycles. The number of aromatic hydroxyl groups is 1. The van der Waals surface area contributed by atoms with Crippen LogP contribution in [0.1, 0.15) is 65.1 Å². The molecule has 0 bridgehead atoms. The van der Waals surface area contributed by atoms with Gasteiger partial charge in [0.1, 0.15) is 41.6 Å². The summed E-state index contributed by atoms with van der Waals surface area (Å²) < 4.78 is 11.0. The molecule has 2 rings (SSSR count). The summed E-state index contributed by atoms with van der Waals surface area (Å²) in [7, 11) is 0. The van der Waals surface area contributed by atoms with Crippen molar-refractivity contribution in [2.24, 2.45) is 0 Å². The van der Waals surface area contributed by atoms with E-state index in [9.17, 15) is 29.5 Å². The second kappa shape index (κ2) is 16.7. The number of phenolic OH excluding ortho intramolecular Hbond substituents is 1. The van der Waals surface area contributed by atoms with E-state index in [1.54, 1.807) is 41.5 Å². The maximum Gasteiger partial charge on any atom is 0.408 e. The van der Waals surface area contributed by atoms with Crippen LogP contribution in [-0.4, -0.2) is 75.7 Å².